The van der Waals surface area contributed by atoms with Gasteiger partial charge in [0.05, 0.1) is 0 Å². The molecule has 0 spiro atoms. The van der Waals surface area contributed by atoms with Crippen LogP contribution >= 0.6 is 0 Å². The van der Waals surface area contributed by atoms with E-state index in [1.54, 1.807) is 11.8 Å². The summed E-state index contributed by atoms with van der Waals surface area (Å²) >= 11 is 0. The molecule has 2 amide bonds. The normalized spacial score (nSPS) is 14.3. The van der Waals surface area contributed by atoms with Crippen LogP contribution in [0.15, 0.2) is 48.5 Å². The Morgan fingerprint density at radius 3 is 2.54 bits per heavy atom. The predicted molar refractivity (Wildman–Crippen MR) is 99.8 cm³/mol. The number of ether oxygens (including phenoxy) is 1. The van der Waals surface area contributed by atoms with E-state index in [4.69, 9.17) is 4.74 Å². The minimum absolute atomic E-state index is 0.0665. The van der Waals surface area contributed by atoms with E-state index in [2.05, 4.69) is 11.4 Å². The molecule has 1 heterocycles. The van der Waals surface area contributed by atoms with Crippen LogP contribution in [0.2, 0.25) is 0 Å². The van der Waals surface area contributed by atoms with E-state index in [0.29, 0.717) is 18.8 Å². The Labute approximate surface area is 154 Å². The average molecular weight is 352 g/mol. The summed E-state index contributed by atoms with van der Waals surface area (Å²) in [6.07, 6.45) is 0.846. The molecule has 26 heavy (non-hydrogen) atoms. The number of aryl methyl sites for hydroxylation is 1. The van der Waals surface area contributed by atoms with Crippen LogP contribution in [0.3, 0.4) is 0 Å². The maximum atomic E-state index is 12.6. The first-order valence-corrected chi connectivity index (χ1v) is 8.87. The lowest BCUT2D eigenvalue weighted by atomic mass is 9.99. The number of hydrogen-bond donors (Lipinski definition) is 1. The monoisotopic (exact) mass is 352 g/mol. The van der Waals surface area contributed by atoms with Gasteiger partial charge in [-0.15, -0.1) is 0 Å². The Morgan fingerprint density at radius 2 is 1.81 bits per heavy atom. The van der Waals surface area contributed by atoms with Crippen molar-refractivity contribution in [3.8, 4) is 5.75 Å². The number of carbonyl (C=O) groups excluding carboxylic acids is 2. The Balaban J connectivity index is 1.49. The van der Waals surface area contributed by atoms with Gasteiger partial charge in [-0.1, -0.05) is 42.0 Å². The highest BCUT2D eigenvalue weighted by molar-refractivity contribution is 5.88. The third kappa shape index (κ3) is 4.42. The summed E-state index contributed by atoms with van der Waals surface area (Å²) in [5.41, 5.74) is 3.59. The number of rotatable bonds is 5. The molecule has 0 aromatic heterocycles. The number of hydrogen-bond acceptors (Lipinski definition) is 3. The van der Waals surface area contributed by atoms with Gasteiger partial charge in [-0.3, -0.25) is 9.59 Å². The van der Waals surface area contributed by atoms with Crippen molar-refractivity contribution >= 4 is 11.8 Å². The Hall–Kier alpha value is -2.82. The third-order valence-corrected chi connectivity index (χ3v) is 4.58. The van der Waals surface area contributed by atoms with Gasteiger partial charge in [0, 0.05) is 13.1 Å². The molecule has 0 bridgehead atoms. The molecule has 0 saturated heterocycles. The van der Waals surface area contributed by atoms with Crippen molar-refractivity contribution in [2.24, 2.45) is 0 Å². The standard InChI is InChI=1S/C21H24N2O3/c1-15-7-9-19(10-8-15)26-14-20(24)22-16(2)21(25)23-12-11-17-5-3-4-6-18(17)13-23/h3-10,16H,11-14H2,1-2H3,(H,22,24)/t16-/m0/s1. The quantitative estimate of drug-likeness (QED) is 0.899. The van der Waals surface area contributed by atoms with E-state index < -0.39 is 6.04 Å². The van der Waals surface area contributed by atoms with Crippen molar-refractivity contribution in [1.29, 1.82) is 0 Å². The summed E-state index contributed by atoms with van der Waals surface area (Å²) in [6, 6.07) is 15.1. The molecule has 5 heteroatoms. The van der Waals surface area contributed by atoms with Gasteiger partial charge >= 0.3 is 0 Å². The van der Waals surface area contributed by atoms with Gasteiger partial charge in [-0.25, -0.2) is 0 Å². The van der Waals surface area contributed by atoms with Crippen molar-refractivity contribution in [3.05, 3.63) is 65.2 Å². The lowest BCUT2D eigenvalue weighted by Crippen LogP contribution is -2.49. The van der Waals surface area contributed by atoms with Crippen LogP contribution in [0, 0.1) is 6.92 Å². The highest BCUT2D eigenvalue weighted by Crippen LogP contribution is 2.19. The van der Waals surface area contributed by atoms with Gasteiger partial charge in [0.15, 0.2) is 6.61 Å². The van der Waals surface area contributed by atoms with Crippen LogP contribution in [0.5, 0.6) is 5.75 Å². The summed E-state index contributed by atoms with van der Waals surface area (Å²) in [7, 11) is 0. The van der Waals surface area contributed by atoms with Gasteiger partial charge < -0.3 is 15.0 Å². The summed E-state index contributed by atoms with van der Waals surface area (Å²) < 4.78 is 5.46. The number of benzene rings is 2. The van der Waals surface area contributed by atoms with Gasteiger partial charge in [0.2, 0.25) is 5.91 Å². The Bertz CT molecular complexity index is 786. The molecule has 0 fully saturated rings. The van der Waals surface area contributed by atoms with Crippen molar-refractivity contribution in [2.75, 3.05) is 13.2 Å². The Morgan fingerprint density at radius 1 is 1.12 bits per heavy atom. The minimum Gasteiger partial charge on any atom is -0.484 e. The van der Waals surface area contributed by atoms with E-state index in [1.807, 2.05) is 49.4 Å². The second-order valence-corrected chi connectivity index (χ2v) is 6.67. The zero-order valence-corrected chi connectivity index (χ0v) is 15.2. The first-order chi connectivity index (χ1) is 12.5. The molecular weight excluding hydrogens is 328 g/mol. The molecule has 1 N–H and O–H groups in total. The predicted octanol–water partition coefficient (Wildman–Crippen LogP) is 2.46. The largest absolute Gasteiger partial charge is 0.484 e. The molecule has 2 aromatic carbocycles. The van der Waals surface area contributed by atoms with Gasteiger partial charge in [0.25, 0.3) is 5.91 Å². The van der Waals surface area contributed by atoms with Crippen molar-refractivity contribution < 1.29 is 14.3 Å². The smallest absolute Gasteiger partial charge is 0.258 e. The van der Waals surface area contributed by atoms with Crippen LogP contribution in [0.4, 0.5) is 0 Å². The molecule has 0 radical (unpaired) electrons. The van der Waals surface area contributed by atoms with Crippen molar-refractivity contribution in [1.82, 2.24) is 10.2 Å². The fourth-order valence-electron chi connectivity index (χ4n) is 3.09. The number of nitrogens with zero attached hydrogens (tertiary/aromatic N) is 1. The van der Waals surface area contributed by atoms with Gasteiger partial charge in [-0.05, 0) is 43.5 Å². The fraction of sp³-hybridized carbons (Fsp3) is 0.333. The molecule has 5 nitrogen and oxygen atoms in total. The molecular formula is C21H24N2O3. The molecule has 1 aliphatic rings. The number of carbonyl (C=O) groups is 2. The second-order valence-electron chi connectivity index (χ2n) is 6.67. The Kier molecular flexibility index (Phi) is 5.56. The highest BCUT2D eigenvalue weighted by atomic mass is 16.5. The van der Waals surface area contributed by atoms with Crippen LogP contribution in [0.25, 0.3) is 0 Å². The minimum atomic E-state index is -0.575. The number of fused-ring (bicyclic) bond motifs is 1. The fourth-order valence-corrected chi connectivity index (χ4v) is 3.09. The maximum Gasteiger partial charge on any atom is 0.258 e. The topological polar surface area (TPSA) is 58.6 Å². The molecule has 0 aliphatic carbocycles. The molecule has 1 aliphatic heterocycles. The molecule has 1 atom stereocenters. The molecule has 0 saturated carbocycles. The summed E-state index contributed by atoms with van der Waals surface area (Å²) in [5, 5.41) is 2.73. The second kappa shape index (κ2) is 8.04. The summed E-state index contributed by atoms with van der Waals surface area (Å²) in [5.74, 6) is 0.268. The first kappa shape index (κ1) is 18.0. The van der Waals surface area contributed by atoms with Crippen molar-refractivity contribution in [2.45, 2.75) is 32.9 Å². The van der Waals surface area contributed by atoms with Crippen LogP contribution in [-0.2, 0) is 22.6 Å². The van der Waals surface area contributed by atoms with E-state index in [9.17, 15) is 9.59 Å². The molecule has 2 aromatic rings. The molecule has 0 unspecified atom stereocenters. The van der Waals surface area contributed by atoms with Gasteiger partial charge in [0.1, 0.15) is 11.8 Å². The maximum absolute atomic E-state index is 12.6. The highest BCUT2D eigenvalue weighted by Gasteiger charge is 2.25. The van der Waals surface area contributed by atoms with Crippen LogP contribution in [-0.4, -0.2) is 35.9 Å². The van der Waals surface area contributed by atoms with E-state index in [-0.39, 0.29) is 18.4 Å². The zero-order chi connectivity index (χ0) is 18.5. The number of nitrogens with one attached hydrogen (secondary N) is 1. The lowest BCUT2D eigenvalue weighted by molar-refractivity contribution is -0.137. The van der Waals surface area contributed by atoms with E-state index >= 15 is 0 Å². The van der Waals surface area contributed by atoms with Crippen molar-refractivity contribution in [3.63, 3.8) is 0 Å². The molecule has 3 rings (SSSR count). The average Bonchev–Trinajstić information content (AvgIpc) is 2.66. The van der Waals surface area contributed by atoms with Gasteiger partial charge in [-0.2, -0.15) is 0 Å². The number of amides is 2. The zero-order valence-electron chi connectivity index (χ0n) is 15.2. The summed E-state index contributed by atoms with van der Waals surface area (Å²) in [6.45, 7) is 4.86. The summed E-state index contributed by atoms with van der Waals surface area (Å²) in [4.78, 5) is 26.5. The van der Waals surface area contributed by atoms with Crippen LogP contribution < -0.4 is 10.1 Å². The van der Waals surface area contributed by atoms with E-state index in [1.165, 1.54) is 11.1 Å². The molecule has 136 valence electrons. The SMILES string of the molecule is Cc1ccc(OCC(=O)N[C@@H](C)C(=O)N2CCc3ccccc3C2)cc1. The van der Waals surface area contributed by atoms with E-state index in [0.717, 1.165) is 12.0 Å². The first-order valence-electron chi connectivity index (χ1n) is 8.87. The van der Waals surface area contributed by atoms with Crippen LogP contribution in [0.1, 0.15) is 23.6 Å². The third-order valence-electron chi connectivity index (χ3n) is 4.58. The lowest BCUT2D eigenvalue weighted by Gasteiger charge is -2.31.